The van der Waals surface area contributed by atoms with E-state index in [2.05, 4.69) is 15.4 Å². The third-order valence-electron chi connectivity index (χ3n) is 3.01. The number of carbonyl (C=O) groups is 2. The van der Waals surface area contributed by atoms with Crippen LogP contribution in [0.15, 0.2) is 43.0 Å². The second-order valence-electron chi connectivity index (χ2n) is 4.73. The minimum atomic E-state index is -0.616. The van der Waals surface area contributed by atoms with E-state index in [1.165, 1.54) is 23.4 Å². The number of nitrogens with one attached hydrogen (secondary N) is 1. The van der Waals surface area contributed by atoms with Crippen LogP contribution in [-0.4, -0.2) is 33.2 Å². The van der Waals surface area contributed by atoms with Gasteiger partial charge in [0.05, 0.1) is 15.7 Å². The van der Waals surface area contributed by atoms with Crippen LogP contribution in [-0.2, 0) is 9.53 Å². The lowest BCUT2D eigenvalue weighted by molar-refractivity contribution is -0.119. The molecule has 2 aromatic heterocycles. The Morgan fingerprint density at radius 1 is 1.24 bits per heavy atom. The Morgan fingerprint density at radius 3 is 2.76 bits per heavy atom. The van der Waals surface area contributed by atoms with E-state index in [9.17, 15) is 9.59 Å². The number of aromatic nitrogens is 3. The number of esters is 1. The molecule has 25 heavy (non-hydrogen) atoms. The topological polar surface area (TPSA) is 86.1 Å². The number of carbonyl (C=O) groups excluding carboxylic acids is 2. The Morgan fingerprint density at radius 2 is 2.08 bits per heavy atom. The van der Waals surface area contributed by atoms with Crippen molar-refractivity contribution in [2.75, 3.05) is 11.9 Å². The van der Waals surface area contributed by atoms with Crippen LogP contribution < -0.4 is 5.32 Å². The molecule has 7 nitrogen and oxygen atoms in total. The zero-order valence-electron chi connectivity index (χ0n) is 12.5. The van der Waals surface area contributed by atoms with Gasteiger partial charge in [-0.15, -0.1) is 11.3 Å². The molecule has 0 radical (unpaired) electrons. The SMILES string of the molecule is O=C(COC(=O)c1ccc(Cl)s1)Nc1cc(Cl)ccc1-n1cncn1. The second-order valence-corrected chi connectivity index (χ2v) is 6.88. The monoisotopic (exact) mass is 396 g/mol. The molecule has 0 saturated carbocycles. The summed E-state index contributed by atoms with van der Waals surface area (Å²) in [5.74, 6) is -1.13. The number of rotatable bonds is 5. The number of nitrogens with zero attached hydrogens (tertiary/aromatic N) is 3. The van der Waals surface area contributed by atoms with Crippen molar-refractivity contribution < 1.29 is 14.3 Å². The van der Waals surface area contributed by atoms with Crippen molar-refractivity contribution >= 4 is 52.1 Å². The number of hydrogen-bond acceptors (Lipinski definition) is 6. The molecule has 10 heteroatoms. The lowest BCUT2D eigenvalue weighted by atomic mass is 10.2. The molecule has 0 atom stereocenters. The van der Waals surface area contributed by atoms with Crippen LogP contribution in [0.5, 0.6) is 0 Å². The first-order chi connectivity index (χ1) is 12.0. The maximum absolute atomic E-state index is 12.1. The quantitative estimate of drug-likeness (QED) is 0.667. The third-order valence-corrected chi connectivity index (χ3v) is 4.45. The van der Waals surface area contributed by atoms with Gasteiger partial charge in [0.2, 0.25) is 0 Å². The first kappa shape index (κ1) is 17.4. The molecule has 0 aliphatic heterocycles. The Balaban J connectivity index is 1.67. The van der Waals surface area contributed by atoms with Crippen LogP contribution in [0.25, 0.3) is 5.69 Å². The van der Waals surface area contributed by atoms with Crippen LogP contribution >= 0.6 is 34.5 Å². The third kappa shape index (κ3) is 4.36. The molecule has 0 unspecified atom stereocenters. The fourth-order valence-electron chi connectivity index (χ4n) is 1.95. The van der Waals surface area contributed by atoms with Crippen molar-refractivity contribution in [2.45, 2.75) is 0 Å². The first-order valence-corrected chi connectivity index (χ1v) is 8.47. The number of thiophene rings is 1. The highest BCUT2D eigenvalue weighted by atomic mass is 35.5. The van der Waals surface area contributed by atoms with Crippen molar-refractivity contribution in [1.29, 1.82) is 0 Å². The van der Waals surface area contributed by atoms with Crippen molar-refractivity contribution in [2.24, 2.45) is 0 Å². The molecule has 3 aromatic rings. The molecule has 0 aliphatic rings. The van der Waals surface area contributed by atoms with Crippen LogP contribution in [0, 0.1) is 0 Å². The highest BCUT2D eigenvalue weighted by molar-refractivity contribution is 7.17. The standard InChI is InChI=1S/C15H10Cl2N4O3S/c16-9-1-2-11(21-8-18-7-19-21)10(5-9)20-14(22)6-24-15(23)12-3-4-13(17)25-12/h1-5,7-8H,6H2,(H,20,22). The van der Waals surface area contributed by atoms with E-state index in [1.807, 2.05) is 0 Å². The van der Waals surface area contributed by atoms with Gasteiger partial charge in [-0.2, -0.15) is 5.10 Å². The Bertz CT molecular complexity index is 911. The molecular weight excluding hydrogens is 387 g/mol. The molecule has 1 N–H and O–H groups in total. The van der Waals surface area contributed by atoms with E-state index in [4.69, 9.17) is 27.9 Å². The Hall–Kier alpha value is -2.42. The summed E-state index contributed by atoms with van der Waals surface area (Å²) in [6.45, 7) is -0.447. The molecule has 3 rings (SSSR count). The van der Waals surface area contributed by atoms with Gasteiger partial charge in [0, 0.05) is 5.02 Å². The van der Waals surface area contributed by atoms with Gasteiger partial charge in [-0.1, -0.05) is 23.2 Å². The number of anilines is 1. The molecule has 0 saturated heterocycles. The Labute approximate surface area is 156 Å². The van der Waals surface area contributed by atoms with Gasteiger partial charge >= 0.3 is 5.97 Å². The first-order valence-electron chi connectivity index (χ1n) is 6.90. The number of benzene rings is 1. The van der Waals surface area contributed by atoms with Gasteiger partial charge in [0.1, 0.15) is 17.5 Å². The largest absolute Gasteiger partial charge is 0.451 e. The van der Waals surface area contributed by atoms with Gasteiger partial charge in [-0.3, -0.25) is 4.79 Å². The molecular formula is C15H10Cl2N4O3S. The van der Waals surface area contributed by atoms with Gasteiger partial charge in [0.25, 0.3) is 5.91 Å². The van der Waals surface area contributed by atoms with Crippen LogP contribution in [0.3, 0.4) is 0 Å². The summed E-state index contributed by atoms with van der Waals surface area (Å²) in [5, 5.41) is 7.09. The zero-order chi connectivity index (χ0) is 17.8. The fraction of sp³-hybridized carbons (Fsp3) is 0.0667. The van der Waals surface area contributed by atoms with Crippen LogP contribution in [0.1, 0.15) is 9.67 Å². The number of amides is 1. The molecule has 1 amide bonds. The lowest BCUT2D eigenvalue weighted by Gasteiger charge is -2.11. The van der Waals surface area contributed by atoms with E-state index in [-0.39, 0.29) is 0 Å². The highest BCUT2D eigenvalue weighted by Crippen LogP contribution is 2.24. The molecule has 0 spiro atoms. The minimum absolute atomic E-state index is 0.323. The van der Waals surface area contributed by atoms with Crippen LogP contribution in [0.4, 0.5) is 5.69 Å². The maximum atomic E-state index is 12.1. The summed E-state index contributed by atoms with van der Waals surface area (Å²) in [6.07, 6.45) is 2.85. The summed E-state index contributed by atoms with van der Waals surface area (Å²) in [4.78, 5) is 28.1. The van der Waals surface area contributed by atoms with Gasteiger partial charge in [-0.25, -0.2) is 14.5 Å². The molecule has 0 fully saturated rings. The number of halogens is 2. The highest BCUT2D eigenvalue weighted by Gasteiger charge is 2.14. The lowest BCUT2D eigenvalue weighted by Crippen LogP contribution is -2.21. The summed E-state index contributed by atoms with van der Waals surface area (Å²) in [6, 6.07) is 8.03. The zero-order valence-corrected chi connectivity index (χ0v) is 14.8. The van der Waals surface area contributed by atoms with Crippen molar-refractivity contribution in [3.05, 3.63) is 57.2 Å². The average molecular weight is 397 g/mol. The van der Waals surface area contributed by atoms with E-state index in [1.54, 1.807) is 24.3 Å². The molecule has 1 aromatic carbocycles. The van der Waals surface area contributed by atoms with Gasteiger partial charge in [-0.05, 0) is 30.3 Å². The predicted octanol–water partition coefficient (Wildman–Crippen LogP) is 3.43. The van der Waals surface area contributed by atoms with E-state index in [0.717, 1.165) is 11.3 Å². The summed E-state index contributed by atoms with van der Waals surface area (Å²) in [5.41, 5.74) is 0.991. The van der Waals surface area contributed by atoms with E-state index >= 15 is 0 Å². The van der Waals surface area contributed by atoms with Crippen molar-refractivity contribution in [3.63, 3.8) is 0 Å². The normalized spacial score (nSPS) is 10.5. The number of hydrogen-bond donors (Lipinski definition) is 1. The van der Waals surface area contributed by atoms with E-state index < -0.39 is 18.5 Å². The van der Waals surface area contributed by atoms with Gasteiger partial charge in [0.15, 0.2) is 6.61 Å². The predicted molar refractivity (Wildman–Crippen MR) is 94.6 cm³/mol. The van der Waals surface area contributed by atoms with E-state index in [0.29, 0.717) is 25.6 Å². The fourth-order valence-corrected chi connectivity index (χ4v) is 3.06. The second kappa shape index (κ2) is 7.64. The molecule has 2 heterocycles. The minimum Gasteiger partial charge on any atom is -0.451 e. The van der Waals surface area contributed by atoms with Crippen molar-refractivity contribution in [1.82, 2.24) is 14.8 Å². The molecule has 128 valence electrons. The van der Waals surface area contributed by atoms with Gasteiger partial charge < -0.3 is 10.1 Å². The molecule has 0 bridgehead atoms. The smallest absolute Gasteiger partial charge is 0.348 e. The number of ether oxygens (including phenoxy) is 1. The summed E-state index contributed by atoms with van der Waals surface area (Å²) < 4.78 is 6.91. The summed E-state index contributed by atoms with van der Waals surface area (Å²) >= 11 is 12.8. The Kier molecular flexibility index (Phi) is 5.32. The summed E-state index contributed by atoms with van der Waals surface area (Å²) in [7, 11) is 0. The molecule has 0 aliphatic carbocycles. The maximum Gasteiger partial charge on any atom is 0.348 e. The van der Waals surface area contributed by atoms with Crippen LogP contribution in [0.2, 0.25) is 9.36 Å². The van der Waals surface area contributed by atoms with Crippen molar-refractivity contribution in [3.8, 4) is 5.69 Å². The average Bonchev–Trinajstić information content (AvgIpc) is 3.24.